The Morgan fingerprint density at radius 1 is 1.12 bits per heavy atom. The van der Waals surface area contributed by atoms with Crippen LogP contribution >= 0.6 is 0 Å². The van der Waals surface area contributed by atoms with Crippen molar-refractivity contribution in [3.05, 3.63) is 54.1 Å². The van der Waals surface area contributed by atoms with Crippen molar-refractivity contribution in [3.63, 3.8) is 0 Å². The monoisotopic (exact) mass is 370 g/mol. The molecule has 6 nitrogen and oxygen atoms in total. The lowest BCUT2D eigenvalue weighted by Gasteiger charge is -2.23. The number of benzene rings is 2. The van der Waals surface area contributed by atoms with Gasteiger partial charge in [-0.05, 0) is 24.3 Å². The van der Waals surface area contributed by atoms with Gasteiger partial charge >= 0.3 is 0 Å². The lowest BCUT2D eigenvalue weighted by atomic mass is 10.2. The number of ether oxygens (including phenoxy) is 1. The summed E-state index contributed by atoms with van der Waals surface area (Å²) >= 11 is 0. The number of carbonyl (C=O) groups excluding carboxylic acids is 1. The normalized spacial score (nSPS) is 11.0. The molecule has 0 radical (unpaired) electrons. The van der Waals surface area contributed by atoms with Gasteiger partial charge in [-0.3, -0.25) is 9.10 Å². The Morgan fingerprint density at radius 2 is 1.72 bits per heavy atom. The summed E-state index contributed by atoms with van der Waals surface area (Å²) in [5.41, 5.74) is -0.502. The molecule has 0 aliphatic heterocycles. The van der Waals surface area contributed by atoms with E-state index in [2.05, 4.69) is 5.32 Å². The Hall–Kier alpha value is -2.68. The molecular weight excluding hydrogens is 354 g/mol. The second-order valence-electron chi connectivity index (χ2n) is 5.09. The van der Waals surface area contributed by atoms with E-state index >= 15 is 0 Å². The highest BCUT2D eigenvalue weighted by Gasteiger charge is 2.24. The molecule has 0 aromatic heterocycles. The average molecular weight is 370 g/mol. The van der Waals surface area contributed by atoms with E-state index in [9.17, 15) is 22.0 Å². The van der Waals surface area contributed by atoms with Gasteiger partial charge < -0.3 is 10.1 Å². The molecule has 25 heavy (non-hydrogen) atoms. The molecule has 2 aromatic rings. The highest BCUT2D eigenvalue weighted by molar-refractivity contribution is 7.92. The van der Waals surface area contributed by atoms with Crippen LogP contribution in [0.5, 0.6) is 5.75 Å². The number of anilines is 2. The van der Waals surface area contributed by atoms with Crippen molar-refractivity contribution < 1.29 is 26.7 Å². The van der Waals surface area contributed by atoms with E-state index in [1.54, 1.807) is 12.1 Å². The Bertz CT molecular complexity index is 867. The predicted molar refractivity (Wildman–Crippen MR) is 90.2 cm³/mol. The van der Waals surface area contributed by atoms with Gasteiger partial charge in [0.15, 0.2) is 0 Å². The van der Waals surface area contributed by atoms with Gasteiger partial charge in [0.1, 0.15) is 29.6 Å². The predicted octanol–water partition coefficient (Wildman–Crippen LogP) is 2.38. The van der Waals surface area contributed by atoms with Crippen molar-refractivity contribution >= 4 is 27.3 Å². The number of halogens is 2. The van der Waals surface area contributed by atoms with Crippen molar-refractivity contribution in [1.82, 2.24) is 0 Å². The summed E-state index contributed by atoms with van der Waals surface area (Å²) in [7, 11) is -2.50. The number of sulfonamides is 1. The minimum Gasteiger partial charge on any atom is -0.495 e. The van der Waals surface area contributed by atoms with E-state index in [1.807, 2.05) is 0 Å². The van der Waals surface area contributed by atoms with Crippen LogP contribution in [0.15, 0.2) is 42.5 Å². The average Bonchev–Trinajstić information content (AvgIpc) is 2.55. The number of para-hydroxylation sites is 3. The molecule has 9 heteroatoms. The number of methoxy groups -OCH3 is 1. The van der Waals surface area contributed by atoms with Gasteiger partial charge in [0.05, 0.1) is 19.1 Å². The SMILES string of the molecule is COc1ccccc1N(CC(=O)Nc1c(F)cccc1F)S(C)(=O)=O. The van der Waals surface area contributed by atoms with Crippen molar-refractivity contribution in [2.24, 2.45) is 0 Å². The third kappa shape index (κ3) is 4.44. The minimum absolute atomic E-state index is 0.136. The van der Waals surface area contributed by atoms with Crippen LogP contribution in [0.2, 0.25) is 0 Å². The molecule has 0 saturated heterocycles. The van der Waals surface area contributed by atoms with Gasteiger partial charge in [-0.15, -0.1) is 0 Å². The third-order valence-electron chi connectivity index (χ3n) is 3.27. The van der Waals surface area contributed by atoms with Gasteiger partial charge in [0.25, 0.3) is 0 Å². The Balaban J connectivity index is 2.31. The fourth-order valence-corrected chi connectivity index (χ4v) is 3.00. The van der Waals surface area contributed by atoms with Gasteiger partial charge in [0.2, 0.25) is 15.9 Å². The summed E-state index contributed by atoms with van der Waals surface area (Å²) in [6.45, 7) is -0.674. The first-order valence-corrected chi connectivity index (χ1v) is 8.93. The maximum atomic E-state index is 13.6. The van der Waals surface area contributed by atoms with Crippen LogP contribution in [-0.2, 0) is 14.8 Å². The van der Waals surface area contributed by atoms with Gasteiger partial charge in [-0.2, -0.15) is 0 Å². The molecule has 134 valence electrons. The van der Waals surface area contributed by atoms with Crippen LogP contribution in [0.25, 0.3) is 0 Å². The zero-order valence-electron chi connectivity index (χ0n) is 13.5. The zero-order chi connectivity index (χ0) is 18.6. The lowest BCUT2D eigenvalue weighted by molar-refractivity contribution is -0.114. The summed E-state index contributed by atoms with van der Waals surface area (Å²) in [5, 5.41) is 2.05. The number of amides is 1. The number of rotatable bonds is 6. The molecule has 0 aliphatic rings. The zero-order valence-corrected chi connectivity index (χ0v) is 14.3. The first-order valence-electron chi connectivity index (χ1n) is 7.08. The van der Waals surface area contributed by atoms with Crippen LogP contribution in [0, 0.1) is 11.6 Å². The summed E-state index contributed by atoms with van der Waals surface area (Å²) in [6, 6.07) is 9.30. The minimum atomic E-state index is -3.85. The molecule has 0 unspecified atom stereocenters. The molecule has 0 aliphatic carbocycles. The summed E-state index contributed by atoms with van der Waals surface area (Å²) in [5.74, 6) is -2.59. The number of hydrogen-bond acceptors (Lipinski definition) is 4. The van der Waals surface area contributed by atoms with Crippen LogP contribution in [0.3, 0.4) is 0 Å². The van der Waals surface area contributed by atoms with Crippen LogP contribution < -0.4 is 14.4 Å². The molecule has 0 bridgehead atoms. The topological polar surface area (TPSA) is 75.7 Å². The second-order valence-corrected chi connectivity index (χ2v) is 6.99. The quantitative estimate of drug-likeness (QED) is 0.847. The Kier molecular flexibility index (Phi) is 5.58. The molecule has 0 fully saturated rings. The van der Waals surface area contributed by atoms with Gasteiger partial charge in [-0.25, -0.2) is 17.2 Å². The van der Waals surface area contributed by atoms with E-state index in [0.717, 1.165) is 28.8 Å². The molecule has 0 spiro atoms. The van der Waals surface area contributed by atoms with Crippen molar-refractivity contribution in [3.8, 4) is 5.75 Å². The molecule has 2 rings (SSSR count). The van der Waals surface area contributed by atoms with Crippen LogP contribution in [-0.4, -0.2) is 34.2 Å². The maximum Gasteiger partial charge on any atom is 0.245 e. The molecular formula is C16H16F2N2O4S. The number of nitrogens with zero attached hydrogens (tertiary/aromatic N) is 1. The summed E-state index contributed by atoms with van der Waals surface area (Å²) < 4.78 is 57.3. The fourth-order valence-electron chi connectivity index (χ4n) is 2.14. The first kappa shape index (κ1) is 18.7. The van der Waals surface area contributed by atoms with Crippen LogP contribution in [0.4, 0.5) is 20.2 Å². The summed E-state index contributed by atoms with van der Waals surface area (Å²) in [6.07, 6.45) is 0.913. The van der Waals surface area contributed by atoms with Gasteiger partial charge in [0, 0.05) is 0 Å². The van der Waals surface area contributed by atoms with E-state index < -0.39 is 39.8 Å². The molecule has 1 N–H and O–H groups in total. The Labute approximate surface area is 144 Å². The lowest BCUT2D eigenvalue weighted by Crippen LogP contribution is -2.37. The van der Waals surface area contributed by atoms with E-state index in [0.29, 0.717) is 0 Å². The molecule has 2 aromatic carbocycles. The van der Waals surface area contributed by atoms with Crippen LogP contribution in [0.1, 0.15) is 0 Å². The number of hydrogen-bond donors (Lipinski definition) is 1. The number of carbonyl (C=O) groups is 1. The highest BCUT2D eigenvalue weighted by atomic mass is 32.2. The maximum absolute atomic E-state index is 13.6. The smallest absolute Gasteiger partial charge is 0.245 e. The third-order valence-corrected chi connectivity index (χ3v) is 4.40. The largest absolute Gasteiger partial charge is 0.495 e. The fraction of sp³-hybridized carbons (Fsp3) is 0.188. The molecule has 1 amide bonds. The highest BCUT2D eigenvalue weighted by Crippen LogP contribution is 2.29. The first-order chi connectivity index (χ1) is 11.7. The Morgan fingerprint density at radius 3 is 2.28 bits per heavy atom. The van der Waals surface area contributed by atoms with Crippen molar-refractivity contribution in [2.45, 2.75) is 0 Å². The number of nitrogens with one attached hydrogen (secondary N) is 1. The van der Waals surface area contributed by atoms with Gasteiger partial charge in [-0.1, -0.05) is 18.2 Å². The van der Waals surface area contributed by atoms with E-state index in [-0.39, 0.29) is 11.4 Å². The summed E-state index contributed by atoms with van der Waals surface area (Å²) in [4.78, 5) is 12.2. The van der Waals surface area contributed by atoms with E-state index in [1.165, 1.54) is 19.2 Å². The molecule has 0 atom stereocenters. The van der Waals surface area contributed by atoms with Crippen molar-refractivity contribution in [2.75, 3.05) is 29.5 Å². The standard InChI is InChI=1S/C16H16F2N2O4S/c1-24-14-9-4-3-8-13(14)20(25(2,22)23)10-15(21)19-16-11(17)6-5-7-12(16)18/h3-9H,10H2,1-2H3,(H,19,21). The van der Waals surface area contributed by atoms with Crippen molar-refractivity contribution in [1.29, 1.82) is 0 Å². The molecule has 0 heterocycles. The second kappa shape index (κ2) is 7.47. The molecule has 0 saturated carbocycles. The van der Waals surface area contributed by atoms with E-state index in [4.69, 9.17) is 4.74 Å².